The number of aromatic amines is 1. The summed E-state index contributed by atoms with van der Waals surface area (Å²) in [5.74, 6) is 0.448. The summed E-state index contributed by atoms with van der Waals surface area (Å²) in [6.07, 6.45) is 2.33. The molecular formula is C21H19FN4. The number of rotatable bonds is 4. The van der Waals surface area contributed by atoms with Crippen molar-refractivity contribution >= 4 is 11.0 Å². The first-order valence-electron chi connectivity index (χ1n) is 8.51. The number of nitrogens with two attached hydrogens (primary N) is 1. The lowest BCUT2D eigenvalue weighted by Gasteiger charge is -2.08. The van der Waals surface area contributed by atoms with E-state index in [-0.39, 0.29) is 11.9 Å². The topological polar surface area (TPSA) is 67.6 Å². The molecule has 5 heteroatoms. The van der Waals surface area contributed by atoms with Crippen LogP contribution < -0.4 is 5.73 Å². The van der Waals surface area contributed by atoms with E-state index in [1.165, 1.54) is 12.1 Å². The van der Waals surface area contributed by atoms with Crippen LogP contribution in [0.15, 0.2) is 60.8 Å². The maximum atomic E-state index is 13.4. The zero-order chi connectivity index (χ0) is 18.1. The fourth-order valence-corrected chi connectivity index (χ4v) is 3.12. The summed E-state index contributed by atoms with van der Waals surface area (Å²) in [4.78, 5) is 12.1. The Labute approximate surface area is 150 Å². The number of aryl methyl sites for hydroxylation is 1. The van der Waals surface area contributed by atoms with E-state index in [0.29, 0.717) is 12.2 Å². The summed E-state index contributed by atoms with van der Waals surface area (Å²) in [5, 5.41) is 0. The minimum Gasteiger partial charge on any atom is -0.341 e. The van der Waals surface area contributed by atoms with Gasteiger partial charge in [-0.25, -0.2) is 9.37 Å². The molecule has 0 aliphatic heterocycles. The Bertz CT molecular complexity index is 1070. The molecule has 0 saturated heterocycles. The summed E-state index contributed by atoms with van der Waals surface area (Å²) in [6.45, 7) is 1.97. The number of nitrogens with zero attached hydrogens (tertiary/aromatic N) is 2. The molecule has 4 aromatic rings. The van der Waals surface area contributed by atoms with Crippen molar-refractivity contribution in [2.24, 2.45) is 5.73 Å². The lowest BCUT2D eigenvalue weighted by Crippen LogP contribution is -2.15. The highest BCUT2D eigenvalue weighted by atomic mass is 19.1. The van der Waals surface area contributed by atoms with E-state index < -0.39 is 0 Å². The molecule has 0 aliphatic rings. The van der Waals surface area contributed by atoms with Crippen molar-refractivity contribution in [3.8, 4) is 11.1 Å². The Hall–Kier alpha value is -3.05. The third-order valence-electron chi connectivity index (χ3n) is 4.43. The van der Waals surface area contributed by atoms with Crippen LogP contribution in [0.3, 0.4) is 0 Å². The number of imidazole rings is 1. The van der Waals surface area contributed by atoms with Gasteiger partial charge in [-0.05, 0) is 66.4 Å². The van der Waals surface area contributed by atoms with Crippen LogP contribution in [0.1, 0.15) is 23.1 Å². The number of hydrogen-bond acceptors (Lipinski definition) is 3. The fourth-order valence-electron chi connectivity index (χ4n) is 3.12. The van der Waals surface area contributed by atoms with Crippen molar-refractivity contribution in [1.29, 1.82) is 0 Å². The number of aromatic nitrogens is 3. The summed E-state index contributed by atoms with van der Waals surface area (Å²) in [6, 6.07) is 16.3. The van der Waals surface area contributed by atoms with Gasteiger partial charge in [-0.2, -0.15) is 0 Å². The molecule has 1 atom stereocenters. The Kier molecular flexibility index (Phi) is 4.22. The quantitative estimate of drug-likeness (QED) is 0.578. The number of hydrogen-bond donors (Lipinski definition) is 2. The Balaban J connectivity index is 1.63. The van der Waals surface area contributed by atoms with Gasteiger partial charge < -0.3 is 10.7 Å². The second-order valence-corrected chi connectivity index (χ2v) is 6.48. The predicted octanol–water partition coefficient (Wildman–Crippen LogP) is 4.31. The van der Waals surface area contributed by atoms with Crippen molar-refractivity contribution in [2.75, 3.05) is 0 Å². The van der Waals surface area contributed by atoms with Crippen molar-refractivity contribution in [2.45, 2.75) is 19.4 Å². The number of fused-ring (bicyclic) bond motifs is 1. The van der Waals surface area contributed by atoms with E-state index in [2.05, 4.69) is 21.0 Å². The zero-order valence-corrected chi connectivity index (χ0v) is 14.4. The molecule has 2 aromatic carbocycles. The lowest BCUT2D eigenvalue weighted by atomic mass is 10.1. The molecule has 0 fully saturated rings. The fraction of sp³-hybridized carbons (Fsp3) is 0.143. The van der Waals surface area contributed by atoms with Crippen LogP contribution in [-0.2, 0) is 6.42 Å². The number of pyridine rings is 1. The van der Waals surface area contributed by atoms with Crippen molar-refractivity contribution in [3.63, 3.8) is 0 Å². The van der Waals surface area contributed by atoms with Gasteiger partial charge in [0.1, 0.15) is 11.6 Å². The first-order valence-corrected chi connectivity index (χ1v) is 8.51. The first kappa shape index (κ1) is 16.4. The van der Waals surface area contributed by atoms with Crippen LogP contribution in [0.25, 0.3) is 22.2 Å². The van der Waals surface area contributed by atoms with Gasteiger partial charge in [0.25, 0.3) is 0 Å². The van der Waals surface area contributed by atoms with Crippen LogP contribution in [0.2, 0.25) is 0 Å². The van der Waals surface area contributed by atoms with Crippen LogP contribution in [0.5, 0.6) is 0 Å². The third kappa shape index (κ3) is 3.34. The Morgan fingerprint density at radius 1 is 1.08 bits per heavy atom. The standard InChI is InChI=1S/C21H19FN4/c1-13-9-16(7-8-24-13)15-5-6-19-20(12-15)26-21(25-19)18(23)11-14-3-2-4-17(22)10-14/h2-10,12,18H,11,23H2,1H3,(H,25,26)/t18-/m0/s1. The van der Waals surface area contributed by atoms with E-state index in [1.807, 2.05) is 43.5 Å². The second-order valence-electron chi connectivity index (χ2n) is 6.48. The molecule has 0 aliphatic carbocycles. The average molecular weight is 346 g/mol. The molecule has 0 unspecified atom stereocenters. The van der Waals surface area contributed by atoms with E-state index in [4.69, 9.17) is 5.73 Å². The highest BCUT2D eigenvalue weighted by Crippen LogP contribution is 2.25. The molecule has 4 rings (SSSR count). The SMILES string of the molecule is Cc1cc(-c2ccc3nc([C@@H](N)Cc4cccc(F)c4)[nH]c3c2)ccn1. The van der Waals surface area contributed by atoms with Gasteiger partial charge in [-0.1, -0.05) is 18.2 Å². The summed E-state index contributed by atoms with van der Waals surface area (Å²) < 4.78 is 13.4. The molecule has 4 nitrogen and oxygen atoms in total. The smallest absolute Gasteiger partial charge is 0.124 e. The molecule has 26 heavy (non-hydrogen) atoms. The third-order valence-corrected chi connectivity index (χ3v) is 4.43. The number of H-pyrrole nitrogens is 1. The highest BCUT2D eigenvalue weighted by Gasteiger charge is 2.13. The van der Waals surface area contributed by atoms with Gasteiger partial charge in [0.2, 0.25) is 0 Å². The van der Waals surface area contributed by atoms with Crippen molar-refractivity contribution in [3.05, 3.63) is 83.7 Å². The predicted molar refractivity (Wildman–Crippen MR) is 101 cm³/mol. The highest BCUT2D eigenvalue weighted by molar-refractivity contribution is 5.82. The summed E-state index contributed by atoms with van der Waals surface area (Å²) in [7, 11) is 0. The molecule has 0 bridgehead atoms. The Morgan fingerprint density at radius 3 is 2.73 bits per heavy atom. The monoisotopic (exact) mass is 346 g/mol. The molecule has 3 N–H and O–H groups in total. The van der Waals surface area contributed by atoms with E-state index in [9.17, 15) is 4.39 Å². The maximum Gasteiger partial charge on any atom is 0.124 e. The van der Waals surface area contributed by atoms with E-state index in [1.54, 1.807) is 6.07 Å². The second kappa shape index (κ2) is 6.69. The molecule has 0 radical (unpaired) electrons. The van der Waals surface area contributed by atoms with Crippen LogP contribution in [0.4, 0.5) is 4.39 Å². The molecule has 0 spiro atoms. The van der Waals surface area contributed by atoms with Gasteiger partial charge in [-0.15, -0.1) is 0 Å². The van der Waals surface area contributed by atoms with Gasteiger partial charge in [0.05, 0.1) is 17.1 Å². The molecule has 0 amide bonds. The van der Waals surface area contributed by atoms with Gasteiger partial charge in [0.15, 0.2) is 0 Å². The minimum absolute atomic E-state index is 0.253. The van der Waals surface area contributed by atoms with Crippen molar-refractivity contribution < 1.29 is 4.39 Å². The maximum absolute atomic E-state index is 13.4. The number of nitrogens with one attached hydrogen (secondary N) is 1. The zero-order valence-electron chi connectivity index (χ0n) is 14.4. The normalized spacial score (nSPS) is 12.4. The van der Waals surface area contributed by atoms with Gasteiger partial charge >= 0.3 is 0 Å². The largest absolute Gasteiger partial charge is 0.341 e. The van der Waals surface area contributed by atoms with Crippen LogP contribution in [-0.4, -0.2) is 15.0 Å². The van der Waals surface area contributed by atoms with E-state index in [0.717, 1.165) is 33.4 Å². The summed E-state index contributed by atoms with van der Waals surface area (Å²) in [5.41, 5.74) is 12.1. The van der Waals surface area contributed by atoms with Gasteiger partial charge in [0, 0.05) is 11.9 Å². The molecule has 0 saturated carbocycles. The average Bonchev–Trinajstić information content (AvgIpc) is 3.05. The van der Waals surface area contributed by atoms with Crippen molar-refractivity contribution in [1.82, 2.24) is 15.0 Å². The first-order chi connectivity index (χ1) is 12.6. The molecule has 2 heterocycles. The molecular weight excluding hydrogens is 327 g/mol. The van der Waals surface area contributed by atoms with Crippen LogP contribution in [0, 0.1) is 12.7 Å². The summed E-state index contributed by atoms with van der Waals surface area (Å²) >= 11 is 0. The Morgan fingerprint density at radius 2 is 1.92 bits per heavy atom. The lowest BCUT2D eigenvalue weighted by molar-refractivity contribution is 0.619. The van der Waals surface area contributed by atoms with E-state index >= 15 is 0 Å². The van der Waals surface area contributed by atoms with Gasteiger partial charge in [-0.3, -0.25) is 4.98 Å². The van der Waals surface area contributed by atoms with Crippen LogP contribution >= 0.6 is 0 Å². The minimum atomic E-state index is -0.323. The molecule has 2 aromatic heterocycles. The number of halogens is 1. The molecule has 130 valence electrons. The number of benzene rings is 2.